The molecule has 3 N–H and O–H groups in total. The minimum Gasteiger partial charge on any atom is -0.495 e. The van der Waals surface area contributed by atoms with Crippen LogP contribution < -0.4 is 0 Å². The third-order valence-corrected chi connectivity index (χ3v) is 6.87. The summed E-state index contributed by atoms with van der Waals surface area (Å²) in [5.41, 5.74) is 2.21. The Morgan fingerprint density at radius 2 is 1.30 bits per heavy atom. The number of pyridine rings is 2. The molecule has 212 valence electrons. The van der Waals surface area contributed by atoms with Crippen molar-refractivity contribution in [2.45, 2.75) is 50.9 Å². The summed E-state index contributed by atoms with van der Waals surface area (Å²) in [6.45, 7) is 0.861. The smallest absolute Gasteiger partial charge is 0.335 e. The number of aromatic nitrogens is 2. The first kappa shape index (κ1) is 30.9. The number of rotatable bonds is 12. The van der Waals surface area contributed by atoms with E-state index in [0.29, 0.717) is 18.8 Å². The van der Waals surface area contributed by atoms with Crippen LogP contribution in [0.1, 0.15) is 47.4 Å². The Balaban J connectivity index is 0.00000441. The Labute approximate surface area is 243 Å². The minimum absolute atomic E-state index is 0. The number of aliphatic imine (C=N–C) groups is 1. The molecule has 4 rings (SSSR count). The molecule has 1 aromatic carbocycles. The van der Waals surface area contributed by atoms with E-state index in [9.17, 15) is 19.8 Å². The van der Waals surface area contributed by atoms with Crippen LogP contribution in [0.2, 0.25) is 0 Å². The second kappa shape index (κ2) is 15.2. The molecule has 0 aliphatic heterocycles. The molecule has 2 aromatic heterocycles. The van der Waals surface area contributed by atoms with Crippen LogP contribution in [0, 0.1) is 0 Å². The van der Waals surface area contributed by atoms with E-state index in [0.717, 1.165) is 37.1 Å². The Morgan fingerprint density at radius 1 is 0.775 bits per heavy atom. The maximum Gasteiger partial charge on any atom is 0.335 e. The molecule has 1 aliphatic rings. The third kappa shape index (κ3) is 8.96. The van der Waals surface area contributed by atoms with Crippen molar-refractivity contribution >= 4 is 23.5 Å². The first-order chi connectivity index (χ1) is 18.9. The van der Waals surface area contributed by atoms with E-state index in [4.69, 9.17) is 5.11 Å². The van der Waals surface area contributed by atoms with Gasteiger partial charge in [-0.1, -0.05) is 25.0 Å². The predicted molar refractivity (Wildman–Crippen MR) is 146 cm³/mol. The van der Waals surface area contributed by atoms with Gasteiger partial charge in [0, 0.05) is 54.6 Å². The van der Waals surface area contributed by atoms with Gasteiger partial charge in [-0.25, -0.2) is 9.79 Å². The van der Waals surface area contributed by atoms with E-state index in [-0.39, 0.29) is 53.7 Å². The number of hydrogen-bond acceptors (Lipinski definition) is 7. The van der Waals surface area contributed by atoms with E-state index in [1.165, 1.54) is 12.1 Å². The van der Waals surface area contributed by atoms with Gasteiger partial charge in [-0.2, -0.15) is 0 Å². The van der Waals surface area contributed by atoms with Crippen molar-refractivity contribution in [3.8, 4) is 0 Å². The summed E-state index contributed by atoms with van der Waals surface area (Å²) in [5.74, 6) is -2.05. The molecule has 0 bridgehead atoms. The molecule has 0 radical (unpaired) electrons. The summed E-state index contributed by atoms with van der Waals surface area (Å²) in [6, 6.07) is 17.1. The molecule has 0 spiro atoms. The van der Waals surface area contributed by atoms with E-state index in [1.807, 2.05) is 41.3 Å². The molecule has 1 unspecified atom stereocenters. The fourth-order valence-electron chi connectivity index (χ4n) is 5.14. The topological polar surface area (TPSA) is 139 Å². The molecule has 2 atom stereocenters. The molecule has 1 aliphatic carbocycles. The summed E-state index contributed by atoms with van der Waals surface area (Å²) >= 11 is 0. The molecule has 11 heteroatoms. The number of aliphatic hydroxyl groups is 1. The molecule has 1 fully saturated rings. The molecular weight excluding hydrogens is 554 g/mol. The van der Waals surface area contributed by atoms with Crippen LogP contribution in [0.15, 0.2) is 78.0 Å². The summed E-state index contributed by atoms with van der Waals surface area (Å²) in [5, 5.41) is 29.8. The molecule has 3 aromatic rings. The average Bonchev–Trinajstić information content (AvgIpc) is 2.93. The largest absolute Gasteiger partial charge is 0.495 e. The maximum atomic E-state index is 11.9. The monoisotopic (exact) mass is 587 g/mol. The number of hydrogen-bond donors (Lipinski definition) is 3. The molecule has 0 amide bonds. The number of carboxylic acids is 2. The second-order valence-electron chi connectivity index (χ2n) is 9.65. The Morgan fingerprint density at radius 3 is 1.75 bits per heavy atom. The van der Waals surface area contributed by atoms with Gasteiger partial charge in [-0.15, -0.1) is 0 Å². The number of carbonyl (C=O) groups is 2. The van der Waals surface area contributed by atoms with E-state index in [1.54, 1.807) is 24.5 Å². The van der Waals surface area contributed by atoms with Gasteiger partial charge in [-0.05, 0) is 61.4 Å². The Kier molecular flexibility index (Phi) is 11.8. The maximum absolute atomic E-state index is 11.9. The third-order valence-electron chi connectivity index (χ3n) is 6.87. The summed E-state index contributed by atoms with van der Waals surface area (Å²) in [7, 11) is 0. The zero-order chi connectivity index (χ0) is 27.6. The zero-order valence-electron chi connectivity index (χ0n) is 22.0. The van der Waals surface area contributed by atoms with Crippen LogP contribution >= 0.6 is 0 Å². The molecule has 40 heavy (non-hydrogen) atoms. The van der Waals surface area contributed by atoms with Gasteiger partial charge in [-0.3, -0.25) is 24.6 Å². The Bertz CT molecular complexity index is 1260. The van der Waals surface area contributed by atoms with Gasteiger partial charge in [0.05, 0.1) is 35.7 Å². The first-order valence-electron chi connectivity index (χ1n) is 13.0. The summed E-state index contributed by atoms with van der Waals surface area (Å²) in [4.78, 5) is 40.3. The second-order valence-corrected chi connectivity index (χ2v) is 9.65. The van der Waals surface area contributed by atoms with E-state index >= 15 is 0 Å². The predicted octanol–water partition coefficient (Wildman–Crippen LogP) is 4.16. The van der Waals surface area contributed by atoms with Gasteiger partial charge >= 0.3 is 11.9 Å². The summed E-state index contributed by atoms with van der Waals surface area (Å²) in [6.07, 6.45) is 7.04. The fourth-order valence-corrected chi connectivity index (χ4v) is 5.14. The summed E-state index contributed by atoms with van der Waals surface area (Å²) < 4.78 is 0. The van der Waals surface area contributed by atoms with Crippen molar-refractivity contribution in [1.29, 1.82) is 0 Å². The van der Waals surface area contributed by atoms with Crippen molar-refractivity contribution < 1.29 is 42.0 Å². The van der Waals surface area contributed by atoms with Gasteiger partial charge in [0.25, 0.3) is 0 Å². The molecule has 2 heterocycles. The van der Waals surface area contributed by atoms with Gasteiger partial charge in [0.1, 0.15) is 0 Å². The van der Waals surface area contributed by atoms with E-state index in [2.05, 4.69) is 19.9 Å². The number of carboxylic acid groups (broad SMARTS) is 2. The average molecular weight is 587 g/mol. The molecule has 10 nitrogen and oxygen atoms in total. The van der Waals surface area contributed by atoms with Crippen LogP contribution in [0.3, 0.4) is 0 Å². The van der Waals surface area contributed by atoms with Crippen LogP contribution in [-0.2, 0) is 35.0 Å². The first-order valence-corrected chi connectivity index (χ1v) is 13.0. The quantitative estimate of drug-likeness (QED) is 0.162. The normalized spacial score (nSPS) is 17.4. The van der Waals surface area contributed by atoms with Crippen molar-refractivity contribution in [2.24, 2.45) is 4.99 Å². The van der Waals surface area contributed by atoms with Crippen LogP contribution in [-0.4, -0.2) is 78.1 Å². The minimum atomic E-state index is -1.03. The number of benzene rings is 1. The van der Waals surface area contributed by atoms with Gasteiger partial charge in [0.2, 0.25) is 5.90 Å². The standard InChI is InChI=1S/C29H33N5O5.Fe/c35-27(32-22-13-11-21(12-14-22)29(38)39)19-33(17-23-7-3-5-15-30-23)25-9-1-2-10-26(25)34(20-28(36)37)18-24-8-4-6-16-31-24;/h3-8,11-16,25-26H,1-2,9-10,17-20H2,(H,32,35)(H,36,37)(H,38,39);/t25-,26?;/m0./s1. The number of aliphatic carboxylic acids is 1. The van der Waals surface area contributed by atoms with Crippen LogP contribution in [0.25, 0.3) is 0 Å². The number of aromatic carboxylic acids is 1. The number of nitrogens with zero attached hydrogens (tertiary/aromatic N) is 5. The molecule has 1 saturated carbocycles. The number of aliphatic hydroxyl groups excluding tert-OH is 1. The zero-order valence-corrected chi connectivity index (χ0v) is 23.1. The SMILES string of the molecule is O=C(O)CN(Cc1ccccn1)C1CCCC[C@@H]1N(CC(O)=Nc1ccc(C(=O)O)cc1)Cc1ccccn1.[Fe]. The van der Waals surface area contributed by atoms with Crippen molar-refractivity contribution in [2.75, 3.05) is 13.1 Å². The Hall–Kier alpha value is -3.63. The van der Waals surface area contributed by atoms with Crippen molar-refractivity contribution in [1.82, 2.24) is 19.8 Å². The van der Waals surface area contributed by atoms with E-state index < -0.39 is 11.9 Å². The molecular formula is C29H33FeN5O5. The van der Waals surface area contributed by atoms with Gasteiger partial charge in [0.15, 0.2) is 0 Å². The van der Waals surface area contributed by atoms with Crippen molar-refractivity contribution in [3.05, 3.63) is 90.0 Å². The van der Waals surface area contributed by atoms with Crippen LogP contribution in [0.4, 0.5) is 5.69 Å². The van der Waals surface area contributed by atoms with Crippen LogP contribution in [0.5, 0.6) is 0 Å². The van der Waals surface area contributed by atoms with Gasteiger partial charge < -0.3 is 15.3 Å². The van der Waals surface area contributed by atoms with Crippen molar-refractivity contribution in [3.63, 3.8) is 0 Å². The molecule has 0 saturated heterocycles. The fraction of sp³-hybridized carbons (Fsp3) is 0.345.